The fourth-order valence-electron chi connectivity index (χ4n) is 3.25. The van der Waals surface area contributed by atoms with Crippen molar-refractivity contribution in [1.29, 1.82) is 0 Å². The Morgan fingerprint density at radius 3 is 2.68 bits per heavy atom. The number of aryl methyl sites for hydroxylation is 1. The molecule has 2 aromatic carbocycles. The van der Waals surface area contributed by atoms with E-state index >= 15 is 0 Å². The molecule has 2 N–H and O–H groups in total. The molecule has 0 aromatic heterocycles. The molecule has 5 heteroatoms. The van der Waals surface area contributed by atoms with Gasteiger partial charge in [-0.15, -0.1) is 0 Å². The van der Waals surface area contributed by atoms with E-state index in [4.69, 9.17) is 4.74 Å². The van der Waals surface area contributed by atoms with Gasteiger partial charge in [-0.2, -0.15) is 0 Å². The number of ether oxygens (including phenoxy) is 1. The first-order valence-electron chi connectivity index (χ1n) is 8.33. The zero-order chi connectivity index (χ0) is 17.8. The molecule has 25 heavy (non-hydrogen) atoms. The average molecular weight is 339 g/mol. The molecule has 0 aliphatic carbocycles. The Hall–Kier alpha value is -2.66. The predicted octanol–water partition coefficient (Wildman–Crippen LogP) is 2.94. The molecule has 2 atom stereocenters. The van der Waals surface area contributed by atoms with Crippen molar-refractivity contribution in [2.75, 3.05) is 6.61 Å². The van der Waals surface area contributed by atoms with Gasteiger partial charge < -0.3 is 15.2 Å². The van der Waals surface area contributed by atoms with Gasteiger partial charge >= 0.3 is 5.97 Å². The van der Waals surface area contributed by atoms with Crippen LogP contribution in [0, 0.1) is 6.92 Å². The van der Waals surface area contributed by atoms with Crippen LogP contribution in [0.5, 0.6) is 0 Å². The molecule has 0 bridgehead atoms. The van der Waals surface area contributed by atoms with E-state index in [0.717, 1.165) is 28.7 Å². The Morgan fingerprint density at radius 2 is 1.92 bits per heavy atom. The SMILES string of the molecule is Cc1ccccc1[C@@H](CC(=O)O)NC(=O)[C@H]1OCCc2ccccc21. The Balaban J connectivity index is 1.84. The first-order chi connectivity index (χ1) is 12.1. The lowest BCUT2D eigenvalue weighted by molar-refractivity contribution is -0.139. The van der Waals surface area contributed by atoms with Crippen LogP contribution in [-0.2, 0) is 20.7 Å². The lowest BCUT2D eigenvalue weighted by Gasteiger charge is -2.27. The summed E-state index contributed by atoms with van der Waals surface area (Å²) in [4.78, 5) is 24.1. The lowest BCUT2D eigenvalue weighted by Crippen LogP contribution is -2.37. The van der Waals surface area contributed by atoms with Crippen LogP contribution in [0.1, 0.15) is 40.8 Å². The topological polar surface area (TPSA) is 75.6 Å². The number of nitrogens with one attached hydrogen (secondary N) is 1. The second-order valence-corrected chi connectivity index (χ2v) is 6.22. The molecular formula is C20H21NO4. The molecule has 0 unspecified atom stereocenters. The number of carboxylic acids is 1. The van der Waals surface area contributed by atoms with Gasteiger partial charge in [0.25, 0.3) is 5.91 Å². The fourth-order valence-corrected chi connectivity index (χ4v) is 3.25. The minimum atomic E-state index is -0.960. The third-order valence-electron chi connectivity index (χ3n) is 4.49. The standard InChI is InChI=1S/C20H21NO4/c1-13-6-2-4-8-15(13)17(12-18(22)23)21-20(24)19-16-9-5-3-7-14(16)10-11-25-19/h2-9,17,19H,10-12H2,1H3,(H,21,24)(H,22,23)/t17-,19+/m1/s1. The number of carboxylic acid groups (broad SMARTS) is 1. The highest BCUT2D eigenvalue weighted by Gasteiger charge is 2.30. The van der Waals surface area contributed by atoms with Gasteiger partial charge in [-0.25, -0.2) is 0 Å². The van der Waals surface area contributed by atoms with E-state index in [1.54, 1.807) is 0 Å². The summed E-state index contributed by atoms with van der Waals surface area (Å²) in [5.41, 5.74) is 3.70. The van der Waals surface area contributed by atoms with Gasteiger partial charge in [-0.3, -0.25) is 9.59 Å². The molecule has 0 saturated heterocycles. The molecule has 5 nitrogen and oxygen atoms in total. The zero-order valence-electron chi connectivity index (χ0n) is 14.1. The number of fused-ring (bicyclic) bond motifs is 1. The van der Waals surface area contributed by atoms with Crippen molar-refractivity contribution in [2.45, 2.75) is 31.9 Å². The third-order valence-corrected chi connectivity index (χ3v) is 4.49. The van der Waals surface area contributed by atoms with E-state index in [0.29, 0.717) is 6.61 Å². The van der Waals surface area contributed by atoms with Crippen LogP contribution in [0.4, 0.5) is 0 Å². The van der Waals surface area contributed by atoms with Gasteiger partial charge in [0.15, 0.2) is 6.10 Å². The fraction of sp³-hybridized carbons (Fsp3) is 0.300. The highest BCUT2D eigenvalue weighted by atomic mass is 16.5. The van der Waals surface area contributed by atoms with Crippen molar-refractivity contribution in [3.63, 3.8) is 0 Å². The quantitative estimate of drug-likeness (QED) is 0.878. The summed E-state index contributed by atoms with van der Waals surface area (Å²) in [6.45, 7) is 2.38. The minimum absolute atomic E-state index is 0.176. The van der Waals surface area contributed by atoms with Crippen molar-refractivity contribution < 1.29 is 19.4 Å². The summed E-state index contributed by atoms with van der Waals surface area (Å²) in [6.07, 6.45) is -0.105. The maximum atomic E-state index is 12.8. The van der Waals surface area contributed by atoms with Gasteiger partial charge in [0, 0.05) is 0 Å². The van der Waals surface area contributed by atoms with Gasteiger partial charge in [0.05, 0.1) is 19.1 Å². The van der Waals surface area contributed by atoms with Crippen LogP contribution in [0.3, 0.4) is 0 Å². The molecule has 1 aliphatic heterocycles. The molecule has 0 radical (unpaired) electrons. The predicted molar refractivity (Wildman–Crippen MR) is 93.2 cm³/mol. The number of amides is 1. The van der Waals surface area contributed by atoms with E-state index in [-0.39, 0.29) is 12.3 Å². The number of rotatable bonds is 5. The smallest absolute Gasteiger partial charge is 0.305 e. The molecule has 2 aromatic rings. The van der Waals surface area contributed by atoms with Crippen LogP contribution in [0.2, 0.25) is 0 Å². The monoisotopic (exact) mass is 339 g/mol. The molecule has 0 spiro atoms. The average Bonchev–Trinajstić information content (AvgIpc) is 2.60. The molecule has 1 amide bonds. The van der Waals surface area contributed by atoms with E-state index in [2.05, 4.69) is 5.32 Å². The normalized spacial score (nSPS) is 17.4. The third kappa shape index (κ3) is 3.88. The highest BCUT2D eigenvalue weighted by Crippen LogP contribution is 2.29. The van der Waals surface area contributed by atoms with Crippen molar-refractivity contribution in [3.8, 4) is 0 Å². The first-order valence-corrected chi connectivity index (χ1v) is 8.33. The van der Waals surface area contributed by atoms with Crippen molar-refractivity contribution in [2.24, 2.45) is 0 Å². The van der Waals surface area contributed by atoms with Crippen LogP contribution >= 0.6 is 0 Å². The Kier molecular flexibility index (Phi) is 5.14. The zero-order valence-corrected chi connectivity index (χ0v) is 14.1. The molecular weight excluding hydrogens is 318 g/mol. The van der Waals surface area contributed by atoms with Crippen molar-refractivity contribution >= 4 is 11.9 Å². The summed E-state index contributed by atoms with van der Waals surface area (Å²) >= 11 is 0. The largest absolute Gasteiger partial charge is 0.481 e. The summed E-state index contributed by atoms with van der Waals surface area (Å²) in [5, 5.41) is 12.1. The van der Waals surface area contributed by atoms with Gasteiger partial charge in [0.1, 0.15) is 0 Å². The molecule has 1 aliphatic rings. The van der Waals surface area contributed by atoms with Crippen LogP contribution in [-0.4, -0.2) is 23.6 Å². The molecule has 0 fully saturated rings. The molecule has 1 heterocycles. The Morgan fingerprint density at radius 1 is 1.20 bits per heavy atom. The number of benzene rings is 2. The molecule has 0 saturated carbocycles. The van der Waals surface area contributed by atoms with Crippen LogP contribution in [0.25, 0.3) is 0 Å². The maximum Gasteiger partial charge on any atom is 0.305 e. The van der Waals surface area contributed by atoms with Crippen LogP contribution in [0.15, 0.2) is 48.5 Å². The minimum Gasteiger partial charge on any atom is -0.481 e. The maximum absolute atomic E-state index is 12.8. The van der Waals surface area contributed by atoms with E-state index in [1.165, 1.54) is 0 Å². The van der Waals surface area contributed by atoms with Gasteiger partial charge in [-0.1, -0.05) is 48.5 Å². The van der Waals surface area contributed by atoms with Gasteiger partial charge in [0.2, 0.25) is 0 Å². The number of hydrogen-bond acceptors (Lipinski definition) is 3. The highest BCUT2D eigenvalue weighted by molar-refractivity contribution is 5.84. The van der Waals surface area contributed by atoms with Gasteiger partial charge in [-0.05, 0) is 35.6 Å². The number of aliphatic carboxylic acids is 1. The number of carbonyl (C=O) groups is 2. The Bertz CT molecular complexity index is 787. The van der Waals surface area contributed by atoms with Crippen LogP contribution < -0.4 is 5.32 Å². The first kappa shape index (κ1) is 17.2. The second kappa shape index (κ2) is 7.49. The Labute approximate surface area is 146 Å². The van der Waals surface area contributed by atoms with Crippen molar-refractivity contribution in [3.05, 3.63) is 70.8 Å². The summed E-state index contributed by atoms with van der Waals surface area (Å²) in [7, 11) is 0. The van der Waals surface area contributed by atoms with Crippen molar-refractivity contribution in [1.82, 2.24) is 5.32 Å². The number of hydrogen-bond donors (Lipinski definition) is 2. The summed E-state index contributed by atoms with van der Waals surface area (Å²) in [6, 6.07) is 14.6. The summed E-state index contributed by atoms with van der Waals surface area (Å²) in [5.74, 6) is -1.26. The summed E-state index contributed by atoms with van der Waals surface area (Å²) < 4.78 is 5.68. The lowest BCUT2D eigenvalue weighted by atomic mass is 9.95. The number of carbonyl (C=O) groups excluding carboxylic acids is 1. The second-order valence-electron chi connectivity index (χ2n) is 6.22. The van der Waals surface area contributed by atoms with E-state index in [9.17, 15) is 14.7 Å². The van der Waals surface area contributed by atoms with E-state index < -0.39 is 18.1 Å². The molecule has 130 valence electrons. The molecule has 3 rings (SSSR count). The van der Waals surface area contributed by atoms with E-state index in [1.807, 2.05) is 55.5 Å².